The van der Waals surface area contributed by atoms with E-state index in [1.54, 1.807) is 0 Å². The molecule has 108 valence electrons. The highest BCUT2D eigenvalue weighted by molar-refractivity contribution is 5.74. The van der Waals surface area contributed by atoms with E-state index in [0.29, 0.717) is 6.29 Å². The normalized spacial score (nSPS) is 10.2. The summed E-state index contributed by atoms with van der Waals surface area (Å²) in [5.41, 5.74) is -0.600. The number of aldehydes is 1. The standard InChI is InChI=1S/C14H9F2NO4/c15-11-6-9(7-18)4-5-13(11)21-8-10-2-1-3-12(14(10)16)17(19)20/h1-7H,8H2. The molecule has 21 heavy (non-hydrogen) atoms. The molecule has 2 rings (SSSR count). The molecule has 5 nitrogen and oxygen atoms in total. The second-order valence-electron chi connectivity index (χ2n) is 4.10. The quantitative estimate of drug-likeness (QED) is 0.482. The lowest BCUT2D eigenvalue weighted by Gasteiger charge is -2.08. The van der Waals surface area contributed by atoms with Crippen LogP contribution >= 0.6 is 0 Å². The maximum absolute atomic E-state index is 13.8. The van der Waals surface area contributed by atoms with Gasteiger partial charge in [-0.15, -0.1) is 0 Å². The third-order valence-corrected chi connectivity index (χ3v) is 2.73. The largest absolute Gasteiger partial charge is 0.486 e. The molecule has 0 amide bonds. The summed E-state index contributed by atoms with van der Waals surface area (Å²) in [5.74, 6) is -1.97. The summed E-state index contributed by atoms with van der Waals surface area (Å²) in [5, 5.41) is 10.6. The Bertz CT molecular complexity index is 703. The summed E-state index contributed by atoms with van der Waals surface area (Å²) >= 11 is 0. The molecule has 0 bridgehead atoms. The number of halogens is 2. The van der Waals surface area contributed by atoms with Gasteiger partial charge in [-0.05, 0) is 18.2 Å². The smallest absolute Gasteiger partial charge is 0.305 e. The van der Waals surface area contributed by atoms with Crippen LogP contribution in [0.5, 0.6) is 5.75 Å². The topological polar surface area (TPSA) is 69.4 Å². The van der Waals surface area contributed by atoms with E-state index in [9.17, 15) is 23.7 Å². The van der Waals surface area contributed by atoms with Crippen LogP contribution in [0.2, 0.25) is 0 Å². The second-order valence-corrected chi connectivity index (χ2v) is 4.10. The Labute approximate surface area is 117 Å². The minimum absolute atomic E-state index is 0.0666. The Morgan fingerprint density at radius 3 is 2.62 bits per heavy atom. The summed E-state index contributed by atoms with van der Waals surface area (Å²) in [6, 6.07) is 7.19. The highest BCUT2D eigenvalue weighted by Gasteiger charge is 2.17. The summed E-state index contributed by atoms with van der Waals surface area (Å²) in [6.07, 6.45) is 0.479. The van der Waals surface area contributed by atoms with Gasteiger partial charge in [0.2, 0.25) is 5.82 Å². The van der Waals surface area contributed by atoms with Gasteiger partial charge in [0.05, 0.1) is 4.92 Å². The lowest BCUT2D eigenvalue weighted by molar-refractivity contribution is -0.387. The molecule has 0 fully saturated rings. The van der Waals surface area contributed by atoms with Crippen LogP contribution in [0.3, 0.4) is 0 Å². The Hall–Kier alpha value is -2.83. The first-order valence-corrected chi connectivity index (χ1v) is 5.82. The molecule has 2 aromatic carbocycles. The van der Waals surface area contributed by atoms with Crippen molar-refractivity contribution in [2.75, 3.05) is 0 Å². The molecule has 0 aliphatic carbocycles. The zero-order valence-electron chi connectivity index (χ0n) is 10.6. The molecule has 0 saturated carbocycles. The summed E-state index contributed by atoms with van der Waals surface area (Å²) in [4.78, 5) is 20.2. The van der Waals surface area contributed by atoms with Crippen molar-refractivity contribution in [2.45, 2.75) is 6.61 Å². The molecule has 0 saturated heterocycles. The zero-order valence-corrected chi connectivity index (χ0v) is 10.6. The van der Waals surface area contributed by atoms with Crippen LogP contribution < -0.4 is 4.74 Å². The molecule has 0 aliphatic heterocycles. The molecule has 0 spiro atoms. The Kier molecular flexibility index (Phi) is 4.22. The van der Waals surface area contributed by atoms with Gasteiger partial charge in [0.1, 0.15) is 12.9 Å². The fourth-order valence-electron chi connectivity index (χ4n) is 1.68. The van der Waals surface area contributed by atoms with Crippen molar-refractivity contribution in [3.8, 4) is 5.75 Å². The summed E-state index contributed by atoms with van der Waals surface area (Å²) < 4.78 is 32.4. The van der Waals surface area contributed by atoms with Gasteiger partial charge >= 0.3 is 5.69 Å². The Morgan fingerprint density at radius 2 is 2.00 bits per heavy atom. The number of carbonyl (C=O) groups is 1. The average molecular weight is 293 g/mol. The van der Waals surface area contributed by atoms with Gasteiger partial charge in [-0.2, -0.15) is 4.39 Å². The molecule has 2 aromatic rings. The Morgan fingerprint density at radius 1 is 1.24 bits per heavy atom. The van der Waals surface area contributed by atoms with E-state index in [1.807, 2.05) is 0 Å². The molecule has 0 N–H and O–H groups in total. The molecule has 0 unspecified atom stereocenters. The number of ether oxygens (including phenoxy) is 1. The van der Waals surface area contributed by atoms with Crippen LogP contribution in [-0.2, 0) is 6.61 Å². The van der Waals surface area contributed by atoms with Gasteiger partial charge in [-0.3, -0.25) is 14.9 Å². The zero-order chi connectivity index (χ0) is 15.4. The maximum atomic E-state index is 13.8. The lowest BCUT2D eigenvalue weighted by atomic mass is 10.2. The molecule has 0 aromatic heterocycles. The average Bonchev–Trinajstić information content (AvgIpc) is 2.46. The first-order chi connectivity index (χ1) is 10.0. The van der Waals surface area contributed by atoms with E-state index in [4.69, 9.17) is 4.74 Å². The first-order valence-electron chi connectivity index (χ1n) is 5.82. The number of nitrogens with zero attached hydrogens (tertiary/aromatic N) is 1. The number of benzene rings is 2. The third kappa shape index (κ3) is 3.19. The van der Waals surface area contributed by atoms with Crippen LogP contribution in [0, 0.1) is 21.7 Å². The second kappa shape index (κ2) is 6.08. The number of rotatable bonds is 5. The molecular weight excluding hydrogens is 284 g/mol. The van der Waals surface area contributed by atoms with Crippen molar-refractivity contribution >= 4 is 12.0 Å². The Balaban J connectivity index is 2.19. The van der Waals surface area contributed by atoms with E-state index in [0.717, 1.165) is 12.1 Å². The number of nitro benzene ring substituents is 1. The minimum atomic E-state index is -1.02. The summed E-state index contributed by atoms with van der Waals surface area (Å²) in [7, 11) is 0. The summed E-state index contributed by atoms with van der Waals surface area (Å²) in [6.45, 7) is -0.370. The predicted molar refractivity (Wildman–Crippen MR) is 69.2 cm³/mol. The van der Waals surface area contributed by atoms with Crippen molar-refractivity contribution in [3.63, 3.8) is 0 Å². The van der Waals surface area contributed by atoms with Gasteiger partial charge in [0.15, 0.2) is 11.6 Å². The van der Waals surface area contributed by atoms with Gasteiger partial charge in [0, 0.05) is 17.2 Å². The van der Waals surface area contributed by atoms with Crippen molar-refractivity contribution in [2.24, 2.45) is 0 Å². The van der Waals surface area contributed by atoms with Gasteiger partial charge < -0.3 is 4.74 Å². The van der Waals surface area contributed by atoms with Crippen LogP contribution in [-0.4, -0.2) is 11.2 Å². The molecule has 0 radical (unpaired) electrons. The van der Waals surface area contributed by atoms with Gasteiger partial charge in [0.25, 0.3) is 0 Å². The van der Waals surface area contributed by atoms with Crippen molar-refractivity contribution in [1.29, 1.82) is 0 Å². The number of nitro groups is 1. The molecule has 7 heteroatoms. The highest BCUT2D eigenvalue weighted by Crippen LogP contribution is 2.23. The lowest BCUT2D eigenvalue weighted by Crippen LogP contribution is -2.03. The van der Waals surface area contributed by atoms with Crippen LogP contribution in [0.4, 0.5) is 14.5 Å². The molecular formula is C14H9F2NO4. The third-order valence-electron chi connectivity index (χ3n) is 2.73. The van der Waals surface area contributed by atoms with Crippen LogP contribution in [0.1, 0.15) is 15.9 Å². The predicted octanol–water partition coefficient (Wildman–Crippen LogP) is 3.26. The van der Waals surface area contributed by atoms with E-state index in [2.05, 4.69) is 0 Å². The van der Waals surface area contributed by atoms with Gasteiger partial charge in [-0.25, -0.2) is 4.39 Å². The fourth-order valence-corrected chi connectivity index (χ4v) is 1.68. The molecule has 0 aliphatic rings. The number of hydrogen-bond acceptors (Lipinski definition) is 4. The monoisotopic (exact) mass is 293 g/mol. The van der Waals surface area contributed by atoms with E-state index in [-0.39, 0.29) is 23.5 Å². The van der Waals surface area contributed by atoms with E-state index >= 15 is 0 Å². The SMILES string of the molecule is O=Cc1ccc(OCc2cccc([N+](=O)[O-])c2F)c(F)c1. The van der Waals surface area contributed by atoms with E-state index < -0.39 is 22.2 Å². The number of carbonyl (C=O) groups excluding carboxylic acids is 1. The fraction of sp³-hybridized carbons (Fsp3) is 0.0714. The van der Waals surface area contributed by atoms with Gasteiger partial charge in [-0.1, -0.05) is 12.1 Å². The number of hydrogen-bond donors (Lipinski definition) is 0. The van der Waals surface area contributed by atoms with Crippen LogP contribution in [0.25, 0.3) is 0 Å². The molecule has 0 heterocycles. The molecule has 0 atom stereocenters. The van der Waals surface area contributed by atoms with Crippen molar-refractivity contribution in [1.82, 2.24) is 0 Å². The first kappa shape index (κ1) is 14.6. The highest BCUT2D eigenvalue weighted by atomic mass is 19.1. The van der Waals surface area contributed by atoms with Crippen molar-refractivity contribution < 1.29 is 23.2 Å². The van der Waals surface area contributed by atoms with Crippen LogP contribution in [0.15, 0.2) is 36.4 Å². The minimum Gasteiger partial charge on any atom is -0.486 e. The maximum Gasteiger partial charge on any atom is 0.305 e. The van der Waals surface area contributed by atoms with Crippen molar-refractivity contribution in [3.05, 3.63) is 69.3 Å². The van der Waals surface area contributed by atoms with E-state index in [1.165, 1.54) is 24.3 Å².